The predicted octanol–water partition coefficient (Wildman–Crippen LogP) is 2.50. The molecule has 2 unspecified atom stereocenters. The fourth-order valence-corrected chi connectivity index (χ4v) is 4.11. The maximum absolute atomic E-state index is 13.4. The highest BCUT2D eigenvalue weighted by Gasteiger charge is 2.46. The number of rotatable bonds is 9. The number of hydroxylamine groups is 3. The number of H-pyrrole nitrogens is 1. The van der Waals surface area contributed by atoms with Gasteiger partial charge in [-0.2, -0.15) is 0 Å². The highest BCUT2D eigenvalue weighted by atomic mass is 16.6. The van der Waals surface area contributed by atoms with Crippen molar-refractivity contribution >= 4 is 29.1 Å². The monoisotopic (exact) mass is 442 g/mol. The van der Waals surface area contributed by atoms with E-state index in [0.717, 1.165) is 19.3 Å². The maximum Gasteiger partial charge on any atom is 0.367 e. The molecule has 170 valence electrons. The molecule has 0 fully saturated rings. The molecule has 0 spiro atoms. The van der Waals surface area contributed by atoms with Crippen LogP contribution in [0.2, 0.25) is 0 Å². The quantitative estimate of drug-likeness (QED) is 0.338. The number of unbranched alkanes of at least 4 members (excludes halogenated alkanes) is 2. The maximum atomic E-state index is 13.4. The number of ketones is 1. The van der Waals surface area contributed by atoms with Gasteiger partial charge in [-0.15, -0.1) is 0 Å². The molecule has 2 atom stereocenters. The van der Waals surface area contributed by atoms with E-state index in [-0.39, 0.29) is 41.9 Å². The molecular weight excluding hydrogens is 416 g/mol. The smallest absolute Gasteiger partial charge is 0.367 e. The minimum absolute atomic E-state index is 0.00227. The van der Waals surface area contributed by atoms with Crippen LogP contribution in [0.15, 0.2) is 30.1 Å². The van der Waals surface area contributed by atoms with E-state index in [1.807, 2.05) is 13.8 Å². The summed E-state index contributed by atoms with van der Waals surface area (Å²) in [4.78, 5) is 46.4. The van der Waals surface area contributed by atoms with Crippen LogP contribution in [-0.4, -0.2) is 62.7 Å². The number of hydrogen-bond acceptors (Lipinski definition) is 7. The van der Waals surface area contributed by atoms with Crippen molar-refractivity contribution in [2.45, 2.75) is 45.1 Å². The van der Waals surface area contributed by atoms with Crippen molar-refractivity contribution in [2.24, 2.45) is 0 Å². The van der Waals surface area contributed by atoms with Crippen molar-refractivity contribution in [2.75, 3.05) is 24.7 Å². The zero-order valence-electron chi connectivity index (χ0n) is 18.1. The summed E-state index contributed by atoms with van der Waals surface area (Å²) in [6.45, 7) is 4.55. The molecule has 2 N–H and O–H groups in total. The molecule has 0 aromatic carbocycles. The highest BCUT2D eigenvalue weighted by Crippen LogP contribution is 2.38. The molecular formula is C22H26N4O6. The summed E-state index contributed by atoms with van der Waals surface area (Å²) < 4.78 is 4.50. The largest absolute Gasteiger partial charge is 0.624 e. The number of amides is 1. The normalized spacial score (nSPS) is 26.4. The van der Waals surface area contributed by atoms with E-state index in [4.69, 9.17) is 4.74 Å². The summed E-state index contributed by atoms with van der Waals surface area (Å²) in [7, 11) is 0. The molecule has 4 heterocycles. The molecule has 1 amide bonds. The molecule has 0 saturated carbocycles. The zero-order valence-corrected chi connectivity index (χ0v) is 18.1. The van der Waals surface area contributed by atoms with Gasteiger partial charge in [0.2, 0.25) is 11.4 Å². The summed E-state index contributed by atoms with van der Waals surface area (Å²) in [5.41, 5.74) is -1.84. The molecule has 0 radical (unpaired) electrons. The number of imidazole rings is 1. The van der Waals surface area contributed by atoms with E-state index >= 15 is 0 Å². The van der Waals surface area contributed by atoms with E-state index < -0.39 is 22.1 Å². The summed E-state index contributed by atoms with van der Waals surface area (Å²) in [5.74, 6) is -1.86. The number of carboxylic acids is 1. The Balaban J connectivity index is 1.76. The number of quaternary nitrogens is 1. The lowest BCUT2D eigenvalue weighted by atomic mass is 9.94. The number of nitrogens with one attached hydrogen (secondary N) is 1. The number of fused-ring (bicyclic) bond motifs is 3. The fraction of sp³-hybridized carbons (Fsp3) is 0.455. The topological polar surface area (TPSA) is 136 Å². The fourth-order valence-electron chi connectivity index (χ4n) is 4.11. The molecule has 1 aromatic heterocycles. The lowest BCUT2D eigenvalue weighted by Crippen LogP contribution is -2.58. The standard InChI is InChI=1S/C22H26N4O6/c1-3-5-9-25-13-26(31,10-6-4-2)20(28)17-19(25)24-18(23-17)15(21(29)30)12-22-8-7-14(32-22)11-16(22)27/h7-8,11-12H,3-6,9-10,13H2,1-2H3,(H,23,24)(H,29,30)/b15-12+. The Kier molecular flexibility index (Phi) is 5.51. The SMILES string of the molecule is CCCCN1C[N+]([O-])(CCCC)C(=O)c2[nH]c(/C(=C\C34C=CC(=CC3=O)O4)C(=O)O)nc21. The number of aliphatic carboxylic acids is 1. The van der Waals surface area contributed by atoms with Crippen LogP contribution >= 0.6 is 0 Å². The van der Waals surface area contributed by atoms with Crippen molar-refractivity contribution in [1.82, 2.24) is 9.97 Å². The average molecular weight is 442 g/mol. The van der Waals surface area contributed by atoms with Crippen LogP contribution in [0.4, 0.5) is 5.82 Å². The zero-order chi connectivity index (χ0) is 23.1. The Labute approximate surface area is 185 Å². The minimum atomic E-state index is -1.53. The van der Waals surface area contributed by atoms with E-state index in [2.05, 4.69) is 9.97 Å². The van der Waals surface area contributed by atoms with Crippen LogP contribution in [0.1, 0.15) is 55.8 Å². The van der Waals surface area contributed by atoms with E-state index in [1.54, 1.807) is 11.0 Å². The Morgan fingerprint density at radius 2 is 2.12 bits per heavy atom. The van der Waals surface area contributed by atoms with Gasteiger partial charge in [0.1, 0.15) is 17.2 Å². The minimum Gasteiger partial charge on any atom is -0.624 e. The summed E-state index contributed by atoms with van der Waals surface area (Å²) in [6, 6.07) is 0. The number of carbonyl (C=O) groups excluding carboxylic acids is 2. The summed E-state index contributed by atoms with van der Waals surface area (Å²) in [5, 5.41) is 23.2. The first kappa shape index (κ1) is 22.0. The van der Waals surface area contributed by atoms with Gasteiger partial charge >= 0.3 is 11.9 Å². The van der Waals surface area contributed by atoms with Gasteiger partial charge in [0.15, 0.2) is 18.2 Å². The molecule has 10 heteroatoms. The van der Waals surface area contributed by atoms with E-state index in [1.165, 1.54) is 18.2 Å². The second-order valence-corrected chi connectivity index (χ2v) is 8.32. The van der Waals surface area contributed by atoms with Gasteiger partial charge in [0.05, 0.1) is 6.54 Å². The van der Waals surface area contributed by atoms with Gasteiger partial charge in [-0.3, -0.25) is 9.44 Å². The van der Waals surface area contributed by atoms with E-state index in [0.29, 0.717) is 18.7 Å². The van der Waals surface area contributed by atoms with Gasteiger partial charge in [-0.25, -0.2) is 14.6 Å². The summed E-state index contributed by atoms with van der Waals surface area (Å²) >= 11 is 0. The molecule has 10 nitrogen and oxygen atoms in total. The number of aromatic nitrogens is 2. The summed E-state index contributed by atoms with van der Waals surface area (Å²) in [6.07, 6.45) is 8.61. The first-order valence-corrected chi connectivity index (χ1v) is 10.8. The number of nitrogens with zero attached hydrogens (tertiary/aromatic N) is 3. The third kappa shape index (κ3) is 3.55. The third-order valence-electron chi connectivity index (χ3n) is 5.91. The Bertz CT molecular complexity index is 1070. The number of ether oxygens (including phenoxy) is 1. The van der Waals surface area contributed by atoms with Crippen molar-refractivity contribution in [3.05, 3.63) is 46.8 Å². The van der Waals surface area contributed by atoms with Gasteiger partial charge < -0.3 is 24.9 Å². The lowest BCUT2D eigenvalue weighted by molar-refractivity contribution is -0.799. The molecule has 0 saturated heterocycles. The van der Waals surface area contributed by atoms with Crippen molar-refractivity contribution in [3.8, 4) is 0 Å². The first-order chi connectivity index (χ1) is 15.2. The van der Waals surface area contributed by atoms with Gasteiger partial charge in [0, 0.05) is 12.6 Å². The van der Waals surface area contributed by atoms with Crippen LogP contribution in [0, 0.1) is 5.21 Å². The van der Waals surface area contributed by atoms with Gasteiger partial charge in [0.25, 0.3) is 0 Å². The highest BCUT2D eigenvalue weighted by molar-refractivity contribution is 6.17. The number of allylic oxidation sites excluding steroid dienone is 1. The molecule has 0 aliphatic carbocycles. The lowest BCUT2D eigenvalue weighted by Gasteiger charge is -2.45. The third-order valence-corrected chi connectivity index (χ3v) is 5.91. The molecule has 1 aromatic rings. The molecule has 3 aliphatic heterocycles. The van der Waals surface area contributed by atoms with Crippen molar-refractivity contribution < 1.29 is 28.9 Å². The van der Waals surface area contributed by atoms with Crippen molar-refractivity contribution in [1.29, 1.82) is 0 Å². The molecule has 4 rings (SSSR count). The van der Waals surface area contributed by atoms with Crippen LogP contribution in [-0.2, 0) is 14.3 Å². The molecule has 3 aliphatic rings. The Hall–Kier alpha value is -3.24. The Morgan fingerprint density at radius 3 is 2.72 bits per heavy atom. The number of carboxylic acid groups (broad SMARTS) is 1. The number of anilines is 1. The van der Waals surface area contributed by atoms with Gasteiger partial charge in [-0.05, 0) is 31.1 Å². The predicted molar refractivity (Wildman–Crippen MR) is 115 cm³/mol. The van der Waals surface area contributed by atoms with Gasteiger partial charge in [-0.1, -0.05) is 26.7 Å². The number of carbonyl (C=O) groups is 3. The first-order valence-electron chi connectivity index (χ1n) is 10.8. The van der Waals surface area contributed by atoms with Crippen LogP contribution < -0.4 is 4.90 Å². The Morgan fingerprint density at radius 1 is 1.38 bits per heavy atom. The second kappa shape index (κ2) is 8.03. The van der Waals surface area contributed by atoms with Crippen LogP contribution in [0.5, 0.6) is 0 Å². The van der Waals surface area contributed by atoms with E-state index in [9.17, 15) is 24.7 Å². The average Bonchev–Trinajstić information content (AvgIpc) is 3.45. The van der Waals surface area contributed by atoms with Crippen molar-refractivity contribution in [3.63, 3.8) is 0 Å². The molecule has 32 heavy (non-hydrogen) atoms. The number of aromatic amines is 1. The number of hydrogen-bond donors (Lipinski definition) is 2. The second-order valence-electron chi connectivity index (χ2n) is 8.32. The van der Waals surface area contributed by atoms with Crippen LogP contribution in [0.25, 0.3) is 5.57 Å². The van der Waals surface area contributed by atoms with Crippen LogP contribution in [0.3, 0.4) is 0 Å². The molecule has 2 bridgehead atoms.